The van der Waals surface area contributed by atoms with Crippen molar-refractivity contribution in [1.82, 2.24) is 9.55 Å². The molecule has 166 valence electrons. The van der Waals surface area contributed by atoms with Gasteiger partial charge < -0.3 is 20.3 Å². The van der Waals surface area contributed by atoms with E-state index < -0.39 is 17.2 Å². The highest BCUT2D eigenvalue weighted by atomic mass is 19.1. The highest BCUT2D eigenvalue weighted by Crippen LogP contribution is 2.61. The molecule has 6 rings (SSSR count). The molecular formula is C23H29FN4O3. The SMILES string of the molecule is CC1(C)C2CC[C@@H](Cn3cc(C(=O)O)c(=O)c4cc(F)c(N5CCC(N)C5)nc43)C1C2. The van der Waals surface area contributed by atoms with Crippen LogP contribution in [-0.2, 0) is 6.54 Å². The van der Waals surface area contributed by atoms with Crippen molar-refractivity contribution in [2.75, 3.05) is 18.0 Å². The van der Waals surface area contributed by atoms with E-state index in [-0.39, 0.29) is 28.2 Å². The Bertz CT molecular complexity index is 1130. The largest absolute Gasteiger partial charge is 0.477 e. The number of nitrogens with zero attached hydrogens (tertiary/aromatic N) is 3. The zero-order valence-electron chi connectivity index (χ0n) is 18.0. The van der Waals surface area contributed by atoms with E-state index in [1.54, 1.807) is 9.47 Å². The lowest BCUT2D eigenvalue weighted by Crippen LogP contribution is -2.53. The molecule has 1 aliphatic heterocycles. The standard InChI is InChI=1S/C23H29FN4O3/c1-23(2)13-4-3-12(17(23)7-13)9-28-11-16(22(30)31)19(29)15-8-18(24)21(26-20(15)28)27-6-5-14(25)10-27/h8,11-14,17H,3-7,9-10,25H2,1-2H3,(H,30,31)/t12-,13?,14?,17?/m0/s1. The van der Waals surface area contributed by atoms with Gasteiger partial charge in [0, 0.05) is 31.9 Å². The summed E-state index contributed by atoms with van der Waals surface area (Å²) in [6, 6.07) is 1.11. The van der Waals surface area contributed by atoms with Crippen LogP contribution in [0.4, 0.5) is 10.2 Å². The van der Waals surface area contributed by atoms with Crippen molar-refractivity contribution < 1.29 is 14.3 Å². The molecule has 4 fully saturated rings. The number of aromatic carboxylic acids is 1. The van der Waals surface area contributed by atoms with Gasteiger partial charge in [-0.2, -0.15) is 0 Å². The summed E-state index contributed by atoms with van der Waals surface area (Å²) < 4.78 is 16.7. The molecule has 0 aromatic carbocycles. The van der Waals surface area contributed by atoms with Crippen molar-refractivity contribution in [2.45, 2.75) is 52.1 Å². The molecule has 0 spiro atoms. The predicted molar refractivity (Wildman–Crippen MR) is 116 cm³/mol. The van der Waals surface area contributed by atoms with Crippen LogP contribution in [0, 0.1) is 29.0 Å². The lowest BCUT2D eigenvalue weighted by Gasteiger charge is -2.60. The molecule has 8 heteroatoms. The van der Waals surface area contributed by atoms with Crippen molar-refractivity contribution in [1.29, 1.82) is 0 Å². The Morgan fingerprint density at radius 3 is 2.74 bits per heavy atom. The summed E-state index contributed by atoms with van der Waals surface area (Å²) in [6.07, 6.45) is 5.58. The van der Waals surface area contributed by atoms with Crippen molar-refractivity contribution in [3.05, 3.63) is 33.9 Å². The summed E-state index contributed by atoms with van der Waals surface area (Å²) in [5, 5.41) is 9.59. The number of anilines is 1. The highest BCUT2D eigenvalue weighted by Gasteiger charge is 2.54. The Morgan fingerprint density at radius 1 is 1.35 bits per heavy atom. The second kappa shape index (κ2) is 7.02. The molecular weight excluding hydrogens is 399 g/mol. The zero-order valence-corrected chi connectivity index (χ0v) is 18.0. The number of carboxylic acid groups (broad SMARTS) is 1. The number of aromatic nitrogens is 2. The van der Waals surface area contributed by atoms with Crippen molar-refractivity contribution in [3.63, 3.8) is 0 Å². The van der Waals surface area contributed by atoms with Crippen LogP contribution in [0.15, 0.2) is 17.1 Å². The van der Waals surface area contributed by atoms with E-state index in [4.69, 9.17) is 5.73 Å². The van der Waals surface area contributed by atoms with Gasteiger partial charge in [0.15, 0.2) is 11.6 Å². The van der Waals surface area contributed by atoms with Crippen LogP contribution in [0.1, 0.15) is 49.9 Å². The number of rotatable bonds is 4. The topological polar surface area (TPSA) is 101 Å². The number of hydrogen-bond acceptors (Lipinski definition) is 5. The quantitative estimate of drug-likeness (QED) is 0.777. The number of carboxylic acids is 1. The Kier molecular flexibility index (Phi) is 4.62. The lowest BCUT2D eigenvalue weighted by atomic mass is 9.45. The molecule has 31 heavy (non-hydrogen) atoms. The molecule has 3 N–H and O–H groups in total. The van der Waals surface area contributed by atoms with Crippen molar-refractivity contribution in [3.8, 4) is 0 Å². The summed E-state index contributed by atoms with van der Waals surface area (Å²) in [5.74, 6) is -0.0400. The maximum absolute atomic E-state index is 14.9. The maximum Gasteiger partial charge on any atom is 0.341 e. The van der Waals surface area contributed by atoms with Gasteiger partial charge in [-0.3, -0.25) is 4.79 Å². The highest BCUT2D eigenvalue weighted by molar-refractivity contribution is 5.92. The third kappa shape index (κ3) is 3.14. The summed E-state index contributed by atoms with van der Waals surface area (Å²) in [5.41, 5.74) is 5.59. The molecule has 2 aromatic heterocycles. The van der Waals surface area contributed by atoms with Gasteiger partial charge in [-0.05, 0) is 54.9 Å². The molecule has 3 aliphatic carbocycles. The van der Waals surface area contributed by atoms with Crippen LogP contribution in [0.3, 0.4) is 0 Å². The van der Waals surface area contributed by atoms with Crippen LogP contribution < -0.4 is 16.1 Å². The van der Waals surface area contributed by atoms with E-state index in [1.807, 2.05) is 0 Å². The van der Waals surface area contributed by atoms with Gasteiger partial charge >= 0.3 is 5.97 Å². The first-order valence-electron chi connectivity index (χ1n) is 11.1. The van der Waals surface area contributed by atoms with Gasteiger partial charge in [-0.1, -0.05) is 13.8 Å². The number of nitrogens with two attached hydrogens (primary N) is 1. The Hall–Kier alpha value is -2.48. The maximum atomic E-state index is 14.9. The Balaban J connectivity index is 1.62. The van der Waals surface area contributed by atoms with Crippen molar-refractivity contribution >= 4 is 22.8 Å². The molecule has 4 aliphatic rings. The minimum atomic E-state index is -1.30. The van der Waals surface area contributed by atoms with Crippen LogP contribution in [-0.4, -0.2) is 39.8 Å². The molecule has 3 unspecified atom stereocenters. The first-order chi connectivity index (χ1) is 14.7. The van der Waals surface area contributed by atoms with Gasteiger partial charge in [-0.25, -0.2) is 14.2 Å². The predicted octanol–water partition coefficient (Wildman–Crippen LogP) is 2.84. The van der Waals surface area contributed by atoms with Gasteiger partial charge in [0.2, 0.25) is 5.43 Å². The molecule has 7 nitrogen and oxygen atoms in total. The molecule has 2 bridgehead atoms. The first-order valence-corrected chi connectivity index (χ1v) is 11.1. The number of carbonyl (C=O) groups is 1. The first kappa shape index (κ1) is 20.4. The summed E-state index contributed by atoms with van der Waals surface area (Å²) >= 11 is 0. The van der Waals surface area contributed by atoms with Gasteiger partial charge in [0.05, 0.1) is 5.39 Å². The second-order valence-corrected chi connectivity index (χ2v) is 10.2. The molecule has 0 amide bonds. The van der Waals surface area contributed by atoms with Crippen LogP contribution in [0.25, 0.3) is 11.0 Å². The third-order valence-corrected chi connectivity index (χ3v) is 8.17. The number of pyridine rings is 2. The van der Waals surface area contributed by atoms with E-state index >= 15 is 0 Å². The molecule has 0 radical (unpaired) electrons. The zero-order chi connectivity index (χ0) is 22.1. The normalized spacial score (nSPS) is 29.2. The minimum Gasteiger partial charge on any atom is -0.477 e. The van der Waals surface area contributed by atoms with E-state index in [1.165, 1.54) is 12.6 Å². The van der Waals surface area contributed by atoms with Crippen LogP contribution in [0.5, 0.6) is 0 Å². The fourth-order valence-electron chi connectivity index (χ4n) is 6.20. The number of fused-ring (bicyclic) bond motifs is 3. The molecule has 4 atom stereocenters. The molecule has 2 aromatic rings. The van der Waals surface area contributed by atoms with Crippen LogP contribution in [0.2, 0.25) is 0 Å². The average Bonchev–Trinajstić information content (AvgIpc) is 3.15. The van der Waals surface area contributed by atoms with Gasteiger partial charge in [0.25, 0.3) is 0 Å². The van der Waals surface area contributed by atoms with E-state index in [0.717, 1.165) is 31.2 Å². The van der Waals surface area contributed by atoms with Gasteiger partial charge in [0.1, 0.15) is 11.2 Å². The fourth-order valence-corrected chi connectivity index (χ4v) is 6.20. The average molecular weight is 429 g/mol. The molecule has 3 heterocycles. The minimum absolute atomic E-state index is 0.0196. The number of halogens is 1. The lowest BCUT2D eigenvalue weighted by molar-refractivity contribution is -0.108. The summed E-state index contributed by atoms with van der Waals surface area (Å²) in [4.78, 5) is 30.9. The van der Waals surface area contributed by atoms with E-state index in [2.05, 4.69) is 18.8 Å². The summed E-state index contributed by atoms with van der Waals surface area (Å²) in [7, 11) is 0. The van der Waals surface area contributed by atoms with Crippen LogP contribution >= 0.6 is 0 Å². The Labute approximate surface area is 180 Å². The third-order valence-electron chi connectivity index (χ3n) is 8.17. The fraction of sp³-hybridized carbons (Fsp3) is 0.609. The molecule has 1 saturated heterocycles. The second-order valence-electron chi connectivity index (χ2n) is 10.2. The van der Waals surface area contributed by atoms with E-state index in [9.17, 15) is 19.1 Å². The monoisotopic (exact) mass is 428 g/mol. The van der Waals surface area contributed by atoms with Crippen molar-refractivity contribution in [2.24, 2.45) is 28.9 Å². The van der Waals surface area contributed by atoms with E-state index in [0.29, 0.717) is 37.1 Å². The Morgan fingerprint density at radius 2 is 2.13 bits per heavy atom. The smallest absolute Gasteiger partial charge is 0.341 e. The number of hydrogen-bond donors (Lipinski definition) is 2. The summed E-state index contributed by atoms with van der Waals surface area (Å²) in [6.45, 7) is 6.32. The van der Waals surface area contributed by atoms with Gasteiger partial charge in [-0.15, -0.1) is 0 Å². The molecule has 3 saturated carbocycles.